The number of amides is 1. The Hall–Kier alpha value is -2.88. The van der Waals surface area contributed by atoms with Gasteiger partial charge in [-0.3, -0.25) is 9.59 Å². The molecule has 1 amide bonds. The molecule has 0 saturated carbocycles. The molecule has 3 aromatic rings. The lowest BCUT2D eigenvalue weighted by atomic mass is 10.1. The van der Waals surface area contributed by atoms with Crippen molar-refractivity contribution in [2.24, 2.45) is 0 Å². The van der Waals surface area contributed by atoms with Crippen LogP contribution in [-0.2, 0) is 11.3 Å². The van der Waals surface area contributed by atoms with Gasteiger partial charge in [-0.2, -0.15) is 0 Å². The van der Waals surface area contributed by atoms with Crippen molar-refractivity contribution in [2.75, 3.05) is 4.90 Å². The van der Waals surface area contributed by atoms with Gasteiger partial charge < -0.3 is 9.88 Å². The minimum Gasteiger partial charge on any atom is -0.321 e. The summed E-state index contributed by atoms with van der Waals surface area (Å²) in [6.45, 7) is 6.23. The number of fused-ring (bicyclic) bond motifs is 1. The molecule has 1 N–H and O–H groups in total. The van der Waals surface area contributed by atoms with Gasteiger partial charge in [0.1, 0.15) is 0 Å². The lowest BCUT2D eigenvalue weighted by Gasteiger charge is -2.23. The second kappa shape index (κ2) is 7.56. The minimum atomic E-state index is -0.145. The first-order chi connectivity index (χ1) is 12.5. The third-order valence-electron chi connectivity index (χ3n) is 4.60. The normalized spacial score (nSPS) is 10.9. The number of carbonyl (C=O) groups is 1. The molecule has 134 valence electrons. The van der Waals surface area contributed by atoms with E-state index in [9.17, 15) is 9.59 Å². The van der Waals surface area contributed by atoms with Crippen molar-refractivity contribution in [3.8, 4) is 0 Å². The van der Waals surface area contributed by atoms with Gasteiger partial charge in [0.05, 0.1) is 12.1 Å². The molecule has 3 rings (SSSR count). The molecule has 1 aromatic heterocycles. The summed E-state index contributed by atoms with van der Waals surface area (Å²) in [6, 6.07) is 15.6. The number of pyridine rings is 1. The van der Waals surface area contributed by atoms with Crippen LogP contribution >= 0.6 is 0 Å². The third kappa shape index (κ3) is 3.69. The van der Waals surface area contributed by atoms with Gasteiger partial charge in [0.25, 0.3) is 5.56 Å². The molecule has 0 radical (unpaired) electrons. The first-order valence-electron chi connectivity index (χ1n) is 8.98. The Morgan fingerprint density at radius 1 is 1.08 bits per heavy atom. The molecule has 26 heavy (non-hydrogen) atoms. The average molecular weight is 348 g/mol. The second-order valence-corrected chi connectivity index (χ2v) is 6.73. The van der Waals surface area contributed by atoms with Gasteiger partial charge >= 0.3 is 0 Å². The Bertz CT molecular complexity index is 987. The van der Waals surface area contributed by atoms with E-state index >= 15 is 0 Å². The molecule has 0 aliphatic carbocycles. The van der Waals surface area contributed by atoms with E-state index in [1.807, 2.05) is 69.3 Å². The predicted octanol–water partition coefficient (Wildman–Crippen LogP) is 4.48. The van der Waals surface area contributed by atoms with Crippen molar-refractivity contribution in [1.29, 1.82) is 0 Å². The van der Waals surface area contributed by atoms with Crippen LogP contribution in [0.25, 0.3) is 10.9 Å². The zero-order valence-electron chi connectivity index (χ0n) is 15.5. The maximum Gasteiger partial charge on any atom is 0.253 e. The van der Waals surface area contributed by atoms with Gasteiger partial charge in [-0.1, -0.05) is 42.8 Å². The molecular formula is C22H24N2O2. The molecule has 0 aliphatic rings. The van der Waals surface area contributed by atoms with E-state index in [4.69, 9.17) is 0 Å². The fourth-order valence-corrected chi connectivity index (χ4v) is 3.11. The summed E-state index contributed by atoms with van der Waals surface area (Å²) in [5.41, 5.74) is 4.28. The van der Waals surface area contributed by atoms with E-state index in [1.54, 1.807) is 4.90 Å². The van der Waals surface area contributed by atoms with Crippen molar-refractivity contribution in [2.45, 2.75) is 40.2 Å². The topological polar surface area (TPSA) is 53.2 Å². The number of aromatic nitrogens is 1. The molecule has 0 saturated heterocycles. The fraction of sp³-hybridized carbons (Fsp3) is 0.273. The molecule has 0 atom stereocenters. The molecule has 0 fully saturated rings. The average Bonchev–Trinajstić information content (AvgIpc) is 2.62. The van der Waals surface area contributed by atoms with Crippen molar-refractivity contribution in [1.82, 2.24) is 4.98 Å². The van der Waals surface area contributed by atoms with Crippen molar-refractivity contribution >= 4 is 22.5 Å². The van der Waals surface area contributed by atoms with Crippen LogP contribution in [0.5, 0.6) is 0 Å². The number of aromatic amines is 1. The summed E-state index contributed by atoms with van der Waals surface area (Å²) in [5, 5.41) is 0.978. The Morgan fingerprint density at radius 2 is 1.81 bits per heavy atom. The number of nitrogens with one attached hydrogen (secondary N) is 1. The van der Waals surface area contributed by atoms with Crippen molar-refractivity contribution in [3.05, 3.63) is 75.6 Å². The van der Waals surface area contributed by atoms with Gasteiger partial charge in [0.15, 0.2) is 0 Å². The molecule has 4 heteroatoms. The Balaban J connectivity index is 2.02. The standard InChI is InChI=1S/C22H24N2O2/c1-4-6-20(25)24(19-11-9-15(2)10-12-19)14-18-13-17-8-5-7-16(3)21(17)23-22(18)26/h5,7-13H,4,6,14H2,1-3H3,(H,23,26). The van der Waals surface area contributed by atoms with E-state index in [2.05, 4.69) is 4.98 Å². The van der Waals surface area contributed by atoms with Crippen molar-refractivity contribution in [3.63, 3.8) is 0 Å². The Morgan fingerprint density at radius 3 is 2.50 bits per heavy atom. The Labute approximate surface area is 153 Å². The van der Waals surface area contributed by atoms with Gasteiger partial charge in [0, 0.05) is 17.7 Å². The van der Waals surface area contributed by atoms with E-state index in [0.29, 0.717) is 12.0 Å². The first-order valence-corrected chi connectivity index (χ1v) is 8.98. The van der Waals surface area contributed by atoms with Crippen LogP contribution in [-0.4, -0.2) is 10.9 Å². The van der Waals surface area contributed by atoms with Crippen LogP contribution in [0.1, 0.15) is 36.5 Å². The number of H-pyrrole nitrogens is 1. The summed E-state index contributed by atoms with van der Waals surface area (Å²) >= 11 is 0. The first kappa shape index (κ1) is 17.9. The van der Waals surface area contributed by atoms with E-state index in [1.165, 1.54) is 0 Å². The summed E-state index contributed by atoms with van der Waals surface area (Å²) < 4.78 is 0. The number of carbonyl (C=O) groups excluding carboxylic acids is 1. The number of para-hydroxylation sites is 1. The number of rotatable bonds is 5. The molecule has 2 aromatic carbocycles. The summed E-state index contributed by atoms with van der Waals surface area (Å²) in [5.74, 6) is 0.0279. The van der Waals surface area contributed by atoms with E-state index in [0.717, 1.165) is 34.1 Å². The lowest BCUT2D eigenvalue weighted by Crippen LogP contribution is -2.32. The van der Waals surface area contributed by atoms with Gasteiger partial charge in [-0.25, -0.2) is 0 Å². The lowest BCUT2D eigenvalue weighted by molar-refractivity contribution is -0.118. The maximum atomic E-state index is 12.7. The highest BCUT2D eigenvalue weighted by Gasteiger charge is 2.17. The van der Waals surface area contributed by atoms with Gasteiger partial charge in [-0.15, -0.1) is 0 Å². The van der Waals surface area contributed by atoms with Crippen LogP contribution in [0.2, 0.25) is 0 Å². The van der Waals surface area contributed by atoms with Crippen LogP contribution in [0.15, 0.2) is 53.3 Å². The largest absolute Gasteiger partial charge is 0.321 e. The summed E-state index contributed by atoms with van der Waals surface area (Å²) in [4.78, 5) is 29.9. The van der Waals surface area contributed by atoms with Gasteiger partial charge in [-0.05, 0) is 49.4 Å². The summed E-state index contributed by atoms with van der Waals surface area (Å²) in [6.07, 6.45) is 1.23. The quantitative estimate of drug-likeness (QED) is 0.739. The summed E-state index contributed by atoms with van der Waals surface area (Å²) in [7, 11) is 0. The molecule has 0 unspecified atom stereocenters. The smallest absolute Gasteiger partial charge is 0.253 e. The van der Waals surface area contributed by atoms with Crippen LogP contribution in [0.3, 0.4) is 0 Å². The number of aryl methyl sites for hydroxylation is 2. The molecule has 4 nitrogen and oxygen atoms in total. The zero-order valence-corrected chi connectivity index (χ0v) is 15.5. The molecule has 0 spiro atoms. The predicted molar refractivity (Wildman–Crippen MR) is 107 cm³/mol. The monoisotopic (exact) mass is 348 g/mol. The van der Waals surface area contributed by atoms with E-state index in [-0.39, 0.29) is 18.0 Å². The highest BCUT2D eigenvalue weighted by molar-refractivity contribution is 5.93. The minimum absolute atomic E-state index is 0.0279. The van der Waals surface area contributed by atoms with Gasteiger partial charge in [0.2, 0.25) is 5.91 Å². The molecule has 0 aliphatic heterocycles. The number of nitrogens with zero attached hydrogens (tertiary/aromatic N) is 1. The zero-order chi connectivity index (χ0) is 18.7. The Kier molecular flexibility index (Phi) is 5.21. The highest BCUT2D eigenvalue weighted by Crippen LogP contribution is 2.21. The van der Waals surface area contributed by atoms with Crippen molar-refractivity contribution < 1.29 is 4.79 Å². The molecule has 1 heterocycles. The third-order valence-corrected chi connectivity index (χ3v) is 4.60. The highest BCUT2D eigenvalue weighted by atomic mass is 16.2. The van der Waals surface area contributed by atoms with E-state index < -0.39 is 0 Å². The molecular weight excluding hydrogens is 324 g/mol. The molecule has 0 bridgehead atoms. The number of anilines is 1. The van der Waals surface area contributed by atoms with Crippen LogP contribution in [0, 0.1) is 13.8 Å². The van der Waals surface area contributed by atoms with Crippen LogP contribution in [0.4, 0.5) is 5.69 Å². The number of hydrogen-bond donors (Lipinski definition) is 1. The number of hydrogen-bond acceptors (Lipinski definition) is 2. The SMILES string of the molecule is CCCC(=O)N(Cc1cc2cccc(C)c2[nH]c1=O)c1ccc(C)cc1. The maximum absolute atomic E-state index is 12.7. The second-order valence-electron chi connectivity index (χ2n) is 6.73. The van der Waals surface area contributed by atoms with Crippen LogP contribution < -0.4 is 10.5 Å². The number of benzene rings is 2. The fourth-order valence-electron chi connectivity index (χ4n) is 3.11.